The van der Waals surface area contributed by atoms with Gasteiger partial charge in [0.25, 0.3) is 0 Å². The first-order valence-electron chi connectivity index (χ1n) is 17.4. The first-order chi connectivity index (χ1) is 26.2. The van der Waals surface area contributed by atoms with E-state index in [-0.39, 0.29) is 36.0 Å². The monoisotopic (exact) mass is 784 g/mol. The standard InChI is InChI=1S/C36H48O19/c1-17-26(41)27(42)28(43)34(52-17)55-31-29(44)33(49-11-10-19-5-8-22(47-2)21(39)12-19)53-24(14-50-35-32(45)36(46,15-37)16-51-35)30(31)54-25(40)9-6-18-4-7-20(38)23(13-18)48-3/h4-9,12-13,17,24,26-35,37-39,41-46H,10-11,14-16H2,1-3H3/t17-,24+,26-,27+,28+,29+,30+,31+,32+,33+,34-,35-,36+/m1/s1. The van der Waals surface area contributed by atoms with E-state index in [1.54, 1.807) is 12.1 Å². The van der Waals surface area contributed by atoms with Crippen molar-refractivity contribution in [3.05, 3.63) is 53.6 Å². The van der Waals surface area contributed by atoms with Gasteiger partial charge in [0, 0.05) is 6.08 Å². The molecule has 3 saturated heterocycles. The third-order valence-corrected chi connectivity index (χ3v) is 9.50. The average Bonchev–Trinajstić information content (AvgIpc) is 3.46. The molecule has 3 heterocycles. The first kappa shape index (κ1) is 42.5. The molecule has 0 spiro atoms. The molecular weight excluding hydrogens is 736 g/mol. The maximum atomic E-state index is 13.4. The van der Waals surface area contributed by atoms with Crippen LogP contribution in [0.3, 0.4) is 0 Å². The number of hydrogen-bond donors (Lipinski definition) is 9. The van der Waals surface area contributed by atoms with Gasteiger partial charge in [0.2, 0.25) is 0 Å². The number of aromatic hydroxyl groups is 2. The minimum Gasteiger partial charge on any atom is -0.504 e. The van der Waals surface area contributed by atoms with E-state index in [2.05, 4.69) is 0 Å². The lowest BCUT2D eigenvalue weighted by atomic mass is 9.96. The van der Waals surface area contributed by atoms with Crippen molar-refractivity contribution in [3.63, 3.8) is 0 Å². The normalized spacial score (nSPS) is 35.2. The second-order valence-electron chi connectivity index (χ2n) is 13.3. The van der Waals surface area contributed by atoms with Crippen LogP contribution in [0.15, 0.2) is 42.5 Å². The predicted octanol–water partition coefficient (Wildman–Crippen LogP) is -1.94. The van der Waals surface area contributed by atoms with Gasteiger partial charge in [0.05, 0.1) is 46.8 Å². The molecule has 19 heteroatoms. The van der Waals surface area contributed by atoms with E-state index in [4.69, 9.17) is 42.6 Å². The Morgan fingerprint density at radius 2 is 1.60 bits per heavy atom. The number of rotatable bonds is 15. The van der Waals surface area contributed by atoms with E-state index < -0.39 is 105 Å². The predicted molar refractivity (Wildman–Crippen MR) is 184 cm³/mol. The minimum absolute atomic E-state index is 0.102. The van der Waals surface area contributed by atoms with E-state index >= 15 is 0 Å². The van der Waals surface area contributed by atoms with E-state index in [0.29, 0.717) is 11.1 Å². The molecule has 55 heavy (non-hydrogen) atoms. The van der Waals surface area contributed by atoms with Crippen molar-refractivity contribution in [1.29, 1.82) is 0 Å². The second kappa shape index (κ2) is 18.5. The zero-order valence-corrected chi connectivity index (χ0v) is 30.2. The maximum Gasteiger partial charge on any atom is 0.331 e. The van der Waals surface area contributed by atoms with Crippen LogP contribution in [-0.2, 0) is 44.4 Å². The highest BCUT2D eigenvalue weighted by atomic mass is 16.8. The fraction of sp³-hybridized carbons (Fsp3) is 0.583. The Labute approximate surface area is 315 Å². The summed E-state index contributed by atoms with van der Waals surface area (Å²) in [5.41, 5.74) is -0.974. The topological polar surface area (TPSA) is 282 Å². The molecule has 0 radical (unpaired) electrons. The number of hydrogen-bond acceptors (Lipinski definition) is 19. The van der Waals surface area contributed by atoms with Crippen LogP contribution in [0.1, 0.15) is 18.1 Å². The molecule has 3 fully saturated rings. The Balaban J connectivity index is 1.42. The molecule has 19 nitrogen and oxygen atoms in total. The molecule has 0 amide bonds. The molecule has 9 N–H and O–H groups in total. The van der Waals surface area contributed by atoms with Gasteiger partial charge in [-0.3, -0.25) is 0 Å². The summed E-state index contributed by atoms with van der Waals surface area (Å²) in [6.45, 7) is -0.579. The van der Waals surface area contributed by atoms with Crippen LogP contribution in [-0.4, -0.2) is 172 Å². The van der Waals surface area contributed by atoms with Crippen molar-refractivity contribution in [1.82, 2.24) is 0 Å². The quantitative estimate of drug-likeness (QED) is 0.0701. The number of benzene rings is 2. The molecule has 2 aromatic carbocycles. The molecule has 306 valence electrons. The van der Waals surface area contributed by atoms with Crippen molar-refractivity contribution in [2.24, 2.45) is 0 Å². The highest BCUT2D eigenvalue weighted by Crippen LogP contribution is 2.34. The fourth-order valence-electron chi connectivity index (χ4n) is 6.19. The number of aliphatic hydroxyl groups excluding tert-OH is 6. The lowest BCUT2D eigenvalue weighted by Crippen LogP contribution is -2.65. The average molecular weight is 785 g/mol. The van der Waals surface area contributed by atoms with Gasteiger partial charge in [-0.05, 0) is 54.8 Å². The Bertz CT molecular complexity index is 1610. The summed E-state index contributed by atoms with van der Waals surface area (Å²) in [7, 11) is 2.75. The minimum atomic E-state index is -2.04. The molecule has 2 aromatic rings. The number of phenols is 2. The van der Waals surface area contributed by atoms with Gasteiger partial charge >= 0.3 is 5.97 Å². The van der Waals surface area contributed by atoms with Crippen LogP contribution in [0, 0.1) is 0 Å². The fourth-order valence-corrected chi connectivity index (χ4v) is 6.19. The highest BCUT2D eigenvalue weighted by Gasteiger charge is 2.54. The van der Waals surface area contributed by atoms with Gasteiger partial charge in [-0.1, -0.05) is 12.1 Å². The van der Waals surface area contributed by atoms with E-state index in [0.717, 1.165) is 6.08 Å². The van der Waals surface area contributed by atoms with Crippen molar-refractivity contribution < 1.29 is 93.4 Å². The Morgan fingerprint density at radius 1 is 0.855 bits per heavy atom. The van der Waals surface area contributed by atoms with Gasteiger partial charge in [-0.2, -0.15) is 0 Å². The number of carbonyl (C=O) groups excluding carboxylic acids is 1. The number of ether oxygens (including phenoxy) is 9. The summed E-state index contributed by atoms with van der Waals surface area (Å²) in [4.78, 5) is 13.4. The van der Waals surface area contributed by atoms with Crippen LogP contribution in [0.2, 0.25) is 0 Å². The summed E-state index contributed by atoms with van der Waals surface area (Å²) >= 11 is 0. The zero-order chi connectivity index (χ0) is 40.0. The third kappa shape index (κ3) is 9.84. The summed E-state index contributed by atoms with van der Waals surface area (Å²) in [6.07, 6.45) is -16.4. The maximum absolute atomic E-state index is 13.4. The van der Waals surface area contributed by atoms with Crippen LogP contribution in [0.4, 0.5) is 0 Å². The van der Waals surface area contributed by atoms with E-state index in [9.17, 15) is 50.8 Å². The SMILES string of the molecule is COc1ccc(CCO[C@H]2O[C@@H](CO[C@@H]3OC[C@@](O)(CO)[C@H]3O)[C@H](OC(=O)C=Cc3ccc(O)c(OC)c3)[C@@H](O[C@H]3O[C@H](C)[C@@H](O)[C@H](O)[C@@H]3O)[C@@H]2O)cc1O. The number of aliphatic hydroxyl groups is 7. The molecule has 3 aliphatic rings. The second-order valence-corrected chi connectivity index (χ2v) is 13.3. The van der Waals surface area contributed by atoms with E-state index in [1.807, 2.05) is 0 Å². The Kier molecular flexibility index (Phi) is 14.3. The largest absolute Gasteiger partial charge is 0.504 e. The number of carbonyl (C=O) groups is 1. The molecular formula is C36H48O19. The molecule has 13 atom stereocenters. The van der Waals surface area contributed by atoms with Crippen LogP contribution < -0.4 is 9.47 Å². The number of phenolic OH excluding ortho intramolecular Hbond substituents is 2. The lowest BCUT2D eigenvalue weighted by molar-refractivity contribution is -0.360. The Hall–Kier alpha value is -3.67. The smallest absolute Gasteiger partial charge is 0.331 e. The first-order valence-corrected chi connectivity index (χ1v) is 17.4. The molecule has 3 aliphatic heterocycles. The van der Waals surface area contributed by atoms with Gasteiger partial charge in [-0.25, -0.2) is 4.79 Å². The molecule has 0 aliphatic carbocycles. The van der Waals surface area contributed by atoms with Crippen molar-refractivity contribution >= 4 is 12.0 Å². The Morgan fingerprint density at radius 3 is 2.27 bits per heavy atom. The molecule has 0 aromatic heterocycles. The van der Waals surface area contributed by atoms with Crippen LogP contribution in [0.25, 0.3) is 6.08 Å². The van der Waals surface area contributed by atoms with Crippen molar-refractivity contribution in [2.75, 3.05) is 40.6 Å². The molecule has 5 rings (SSSR count). The summed E-state index contributed by atoms with van der Waals surface area (Å²) in [6, 6.07) is 9.00. The van der Waals surface area contributed by atoms with Crippen LogP contribution >= 0.6 is 0 Å². The molecule has 0 unspecified atom stereocenters. The molecule has 0 saturated carbocycles. The number of esters is 1. The van der Waals surface area contributed by atoms with Crippen molar-refractivity contribution in [3.8, 4) is 23.0 Å². The van der Waals surface area contributed by atoms with E-state index in [1.165, 1.54) is 51.5 Å². The molecule has 0 bridgehead atoms. The summed E-state index contributed by atoms with van der Waals surface area (Å²) < 4.78 is 50.6. The highest BCUT2D eigenvalue weighted by molar-refractivity contribution is 5.87. The lowest BCUT2D eigenvalue weighted by Gasteiger charge is -2.46. The number of methoxy groups -OCH3 is 2. The van der Waals surface area contributed by atoms with Gasteiger partial charge in [-0.15, -0.1) is 0 Å². The van der Waals surface area contributed by atoms with Crippen molar-refractivity contribution in [2.45, 2.75) is 92.8 Å². The summed E-state index contributed by atoms with van der Waals surface area (Å²) in [5.74, 6) is -0.850. The van der Waals surface area contributed by atoms with Gasteiger partial charge in [0.1, 0.15) is 48.3 Å². The third-order valence-electron chi connectivity index (χ3n) is 9.50. The van der Waals surface area contributed by atoms with Gasteiger partial charge < -0.3 is 88.6 Å². The van der Waals surface area contributed by atoms with Gasteiger partial charge in [0.15, 0.2) is 48.0 Å². The van der Waals surface area contributed by atoms with Crippen LogP contribution in [0.5, 0.6) is 23.0 Å². The zero-order valence-electron chi connectivity index (χ0n) is 30.2. The summed E-state index contributed by atoms with van der Waals surface area (Å²) in [5, 5.41) is 94.0.